The number of hydrogen-bond acceptors (Lipinski definition) is 5. The topological polar surface area (TPSA) is 92.8 Å². The van der Waals surface area contributed by atoms with Crippen molar-refractivity contribution in [3.63, 3.8) is 0 Å². The van der Waals surface area contributed by atoms with E-state index in [4.69, 9.17) is 16.3 Å². The fraction of sp³-hybridized carbons (Fsp3) is 0.111. The summed E-state index contributed by atoms with van der Waals surface area (Å²) in [7, 11) is 1.44. The third kappa shape index (κ3) is 2.70. The van der Waals surface area contributed by atoms with Gasteiger partial charge in [0.05, 0.1) is 7.11 Å². The standard InChI is InChI=1S/C9H8ClN5O2/c1-17-7-4-6(10)12-9(13-7)14-8(16)5-2-3-11-15-5/h2-4H,1H3,(H,11,15)(H,12,13,14,16). The highest BCUT2D eigenvalue weighted by molar-refractivity contribution is 6.29. The van der Waals surface area contributed by atoms with E-state index in [1.807, 2.05) is 0 Å². The predicted molar refractivity (Wildman–Crippen MR) is 60.1 cm³/mol. The van der Waals surface area contributed by atoms with E-state index in [9.17, 15) is 4.79 Å². The number of methoxy groups -OCH3 is 1. The number of halogens is 1. The molecule has 0 aromatic carbocycles. The number of carbonyl (C=O) groups excluding carboxylic acids is 1. The molecule has 0 saturated heterocycles. The highest BCUT2D eigenvalue weighted by Gasteiger charge is 2.10. The van der Waals surface area contributed by atoms with Crippen molar-refractivity contribution in [3.8, 4) is 5.88 Å². The number of nitrogens with one attached hydrogen (secondary N) is 2. The summed E-state index contributed by atoms with van der Waals surface area (Å²) in [5, 5.41) is 8.82. The zero-order chi connectivity index (χ0) is 12.3. The molecule has 0 aliphatic carbocycles. The molecule has 7 nitrogen and oxygen atoms in total. The van der Waals surface area contributed by atoms with E-state index < -0.39 is 5.91 Å². The maximum atomic E-state index is 11.6. The highest BCUT2D eigenvalue weighted by Crippen LogP contribution is 2.15. The van der Waals surface area contributed by atoms with E-state index in [1.54, 1.807) is 0 Å². The molecule has 0 aliphatic heterocycles. The number of ether oxygens (including phenoxy) is 1. The molecule has 0 unspecified atom stereocenters. The first kappa shape index (κ1) is 11.3. The number of nitrogens with zero attached hydrogens (tertiary/aromatic N) is 3. The van der Waals surface area contributed by atoms with E-state index in [1.165, 1.54) is 25.4 Å². The molecular formula is C9H8ClN5O2. The number of carbonyl (C=O) groups is 1. The normalized spacial score (nSPS) is 10.0. The Balaban J connectivity index is 2.18. The van der Waals surface area contributed by atoms with Gasteiger partial charge >= 0.3 is 0 Å². The third-order valence-corrected chi connectivity index (χ3v) is 2.04. The Labute approximate surface area is 101 Å². The lowest BCUT2D eigenvalue weighted by Crippen LogP contribution is -2.15. The quantitative estimate of drug-likeness (QED) is 0.800. The lowest BCUT2D eigenvalue weighted by Gasteiger charge is -2.04. The molecule has 2 aromatic rings. The van der Waals surface area contributed by atoms with Crippen LogP contribution in [0.4, 0.5) is 5.95 Å². The molecule has 0 fully saturated rings. The van der Waals surface area contributed by atoms with E-state index in [0.29, 0.717) is 5.69 Å². The molecule has 17 heavy (non-hydrogen) atoms. The van der Waals surface area contributed by atoms with Gasteiger partial charge in [0.15, 0.2) is 0 Å². The van der Waals surface area contributed by atoms with Crippen molar-refractivity contribution < 1.29 is 9.53 Å². The molecule has 2 N–H and O–H groups in total. The summed E-state index contributed by atoms with van der Waals surface area (Å²) in [4.78, 5) is 19.4. The molecule has 2 aromatic heterocycles. The molecule has 0 atom stereocenters. The molecule has 0 bridgehead atoms. The molecule has 88 valence electrons. The average Bonchev–Trinajstić information content (AvgIpc) is 2.81. The summed E-state index contributed by atoms with van der Waals surface area (Å²) in [5.74, 6) is -0.0781. The van der Waals surface area contributed by atoms with E-state index in [2.05, 4.69) is 25.5 Å². The van der Waals surface area contributed by atoms with E-state index >= 15 is 0 Å². The highest BCUT2D eigenvalue weighted by atomic mass is 35.5. The number of aromatic nitrogens is 4. The molecular weight excluding hydrogens is 246 g/mol. The lowest BCUT2D eigenvalue weighted by molar-refractivity contribution is 0.102. The Kier molecular flexibility index (Phi) is 3.20. The fourth-order valence-corrected chi connectivity index (χ4v) is 1.28. The van der Waals surface area contributed by atoms with Gasteiger partial charge in [0.25, 0.3) is 5.91 Å². The summed E-state index contributed by atoms with van der Waals surface area (Å²) < 4.78 is 4.90. The summed E-state index contributed by atoms with van der Waals surface area (Å²) >= 11 is 5.73. The minimum Gasteiger partial charge on any atom is -0.481 e. The van der Waals surface area contributed by atoms with Crippen LogP contribution in [-0.4, -0.2) is 33.2 Å². The molecule has 0 aliphatic rings. The van der Waals surface area contributed by atoms with Crippen molar-refractivity contribution in [1.82, 2.24) is 20.2 Å². The molecule has 0 spiro atoms. The van der Waals surface area contributed by atoms with Gasteiger partial charge in [-0.2, -0.15) is 10.1 Å². The third-order valence-electron chi connectivity index (χ3n) is 1.85. The van der Waals surface area contributed by atoms with Crippen LogP contribution < -0.4 is 10.1 Å². The number of hydrogen-bond donors (Lipinski definition) is 2. The van der Waals surface area contributed by atoms with Crippen LogP contribution in [0.25, 0.3) is 0 Å². The number of anilines is 1. The van der Waals surface area contributed by atoms with Gasteiger partial charge in [-0.05, 0) is 6.07 Å². The minimum absolute atomic E-state index is 0.0638. The SMILES string of the molecule is COc1cc(Cl)nc(NC(=O)c2ccn[nH]2)n1. The largest absolute Gasteiger partial charge is 0.481 e. The van der Waals surface area contributed by atoms with Crippen molar-refractivity contribution in [2.45, 2.75) is 0 Å². The van der Waals surface area contributed by atoms with Crippen molar-refractivity contribution in [1.29, 1.82) is 0 Å². The molecule has 0 radical (unpaired) electrons. The Morgan fingerprint density at radius 3 is 3.00 bits per heavy atom. The first-order valence-electron chi connectivity index (χ1n) is 4.58. The summed E-state index contributed by atoms with van der Waals surface area (Å²) in [6.07, 6.45) is 1.47. The van der Waals surface area contributed by atoms with Crippen LogP contribution in [0.1, 0.15) is 10.5 Å². The smallest absolute Gasteiger partial charge is 0.276 e. The van der Waals surface area contributed by atoms with Gasteiger partial charge in [-0.25, -0.2) is 4.98 Å². The fourth-order valence-electron chi connectivity index (χ4n) is 1.11. The molecule has 1 amide bonds. The lowest BCUT2D eigenvalue weighted by atomic mass is 10.4. The summed E-state index contributed by atoms with van der Waals surface area (Å²) in [5.41, 5.74) is 0.299. The summed E-state index contributed by atoms with van der Waals surface area (Å²) in [6, 6.07) is 2.96. The Morgan fingerprint density at radius 1 is 1.53 bits per heavy atom. The van der Waals surface area contributed by atoms with Gasteiger partial charge in [-0.1, -0.05) is 11.6 Å². The maximum Gasteiger partial charge on any atom is 0.276 e. The van der Waals surface area contributed by atoms with Gasteiger partial charge in [0.1, 0.15) is 10.8 Å². The van der Waals surface area contributed by atoms with Crippen LogP contribution in [0.2, 0.25) is 5.15 Å². The van der Waals surface area contributed by atoms with Gasteiger partial charge in [0.2, 0.25) is 11.8 Å². The van der Waals surface area contributed by atoms with Gasteiger partial charge in [-0.15, -0.1) is 0 Å². The molecule has 2 rings (SSSR count). The van der Waals surface area contributed by atoms with Crippen LogP contribution in [0.5, 0.6) is 5.88 Å². The maximum absolute atomic E-state index is 11.6. The Hall–Kier alpha value is -2.15. The second kappa shape index (κ2) is 4.79. The second-order valence-electron chi connectivity index (χ2n) is 2.98. The monoisotopic (exact) mass is 253 g/mol. The zero-order valence-corrected chi connectivity index (χ0v) is 9.52. The van der Waals surface area contributed by atoms with Crippen molar-refractivity contribution in [3.05, 3.63) is 29.2 Å². The molecule has 2 heterocycles. The first-order valence-corrected chi connectivity index (χ1v) is 4.96. The van der Waals surface area contributed by atoms with Crippen LogP contribution in [0, 0.1) is 0 Å². The van der Waals surface area contributed by atoms with Crippen LogP contribution in [-0.2, 0) is 0 Å². The minimum atomic E-state index is -0.410. The average molecular weight is 254 g/mol. The number of rotatable bonds is 3. The van der Waals surface area contributed by atoms with Crippen molar-refractivity contribution >= 4 is 23.5 Å². The van der Waals surface area contributed by atoms with Gasteiger partial charge in [-0.3, -0.25) is 15.2 Å². The van der Waals surface area contributed by atoms with E-state index in [-0.39, 0.29) is 17.0 Å². The zero-order valence-electron chi connectivity index (χ0n) is 8.77. The predicted octanol–water partition coefficient (Wildman–Crippen LogP) is 1.11. The summed E-state index contributed by atoms with van der Waals surface area (Å²) in [6.45, 7) is 0. The number of H-pyrrole nitrogens is 1. The second-order valence-corrected chi connectivity index (χ2v) is 3.37. The van der Waals surface area contributed by atoms with Crippen LogP contribution in [0.3, 0.4) is 0 Å². The Morgan fingerprint density at radius 2 is 2.35 bits per heavy atom. The van der Waals surface area contributed by atoms with Gasteiger partial charge in [0, 0.05) is 12.3 Å². The van der Waals surface area contributed by atoms with Crippen LogP contribution >= 0.6 is 11.6 Å². The molecule has 0 saturated carbocycles. The van der Waals surface area contributed by atoms with E-state index in [0.717, 1.165) is 0 Å². The molecule has 8 heteroatoms. The number of aromatic amines is 1. The van der Waals surface area contributed by atoms with Crippen molar-refractivity contribution in [2.24, 2.45) is 0 Å². The van der Waals surface area contributed by atoms with Crippen LogP contribution in [0.15, 0.2) is 18.3 Å². The van der Waals surface area contributed by atoms with Gasteiger partial charge < -0.3 is 4.74 Å². The first-order chi connectivity index (χ1) is 8.19. The number of amides is 1. The Bertz CT molecular complexity index is 528. The van der Waals surface area contributed by atoms with Crippen molar-refractivity contribution in [2.75, 3.05) is 12.4 Å².